The minimum absolute atomic E-state index is 0.343. The van der Waals surface area contributed by atoms with Crippen molar-refractivity contribution in [2.75, 3.05) is 13.1 Å². The van der Waals surface area contributed by atoms with Gasteiger partial charge in [-0.25, -0.2) is 0 Å². The molecule has 0 saturated carbocycles. The molecule has 1 aromatic carbocycles. The molecule has 1 amide bonds. The molecule has 1 aromatic heterocycles. The second-order valence-electron chi connectivity index (χ2n) is 6.47. The third-order valence-electron chi connectivity index (χ3n) is 4.94. The summed E-state index contributed by atoms with van der Waals surface area (Å²) in [6, 6.07) is 8.56. The zero-order chi connectivity index (χ0) is 15.5. The molecule has 0 aliphatic carbocycles. The fourth-order valence-corrected chi connectivity index (χ4v) is 3.73. The van der Waals surface area contributed by atoms with Crippen LogP contribution in [0.5, 0.6) is 0 Å². The summed E-state index contributed by atoms with van der Waals surface area (Å²) >= 11 is 0. The van der Waals surface area contributed by atoms with Crippen molar-refractivity contribution < 1.29 is 4.79 Å². The van der Waals surface area contributed by atoms with Crippen LogP contribution in [0.25, 0.3) is 10.9 Å². The van der Waals surface area contributed by atoms with E-state index >= 15 is 0 Å². The summed E-state index contributed by atoms with van der Waals surface area (Å²) in [5.41, 5.74) is 3.99. The number of rotatable bonds is 4. The summed E-state index contributed by atoms with van der Waals surface area (Å²) in [7, 11) is 0. The molecule has 3 rings (SSSR count). The minimum atomic E-state index is 0.343. The van der Waals surface area contributed by atoms with E-state index in [1.54, 1.807) is 0 Å². The van der Waals surface area contributed by atoms with E-state index in [-0.39, 0.29) is 0 Å². The normalized spacial score (nSPS) is 16.4. The molecule has 1 N–H and O–H groups in total. The van der Waals surface area contributed by atoms with Crippen LogP contribution in [0, 0.1) is 6.92 Å². The lowest BCUT2D eigenvalue weighted by Crippen LogP contribution is -2.37. The molecular weight excluding hydrogens is 272 g/mol. The highest BCUT2D eigenvalue weighted by Gasteiger charge is 2.26. The Labute approximate surface area is 132 Å². The molecule has 2 heterocycles. The lowest BCUT2D eigenvalue weighted by Gasteiger charge is -2.32. The van der Waals surface area contributed by atoms with Gasteiger partial charge in [0.25, 0.3) is 0 Å². The predicted molar refractivity (Wildman–Crippen MR) is 91.1 cm³/mol. The van der Waals surface area contributed by atoms with Crippen molar-refractivity contribution in [3.05, 3.63) is 35.5 Å². The van der Waals surface area contributed by atoms with Crippen molar-refractivity contribution in [1.82, 2.24) is 9.88 Å². The van der Waals surface area contributed by atoms with Gasteiger partial charge >= 0.3 is 0 Å². The van der Waals surface area contributed by atoms with Crippen molar-refractivity contribution in [3.63, 3.8) is 0 Å². The largest absolute Gasteiger partial charge is 0.358 e. The molecule has 3 heteroatoms. The highest BCUT2D eigenvalue weighted by atomic mass is 16.2. The van der Waals surface area contributed by atoms with Gasteiger partial charge in [0, 0.05) is 36.1 Å². The first kappa shape index (κ1) is 15.1. The van der Waals surface area contributed by atoms with Crippen molar-refractivity contribution in [3.8, 4) is 0 Å². The van der Waals surface area contributed by atoms with Crippen LogP contribution in [0.3, 0.4) is 0 Å². The van der Waals surface area contributed by atoms with Crippen LogP contribution >= 0.6 is 0 Å². The minimum Gasteiger partial charge on any atom is -0.358 e. The zero-order valence-corrected chi connectivity index (χ0v) is 13.7. The number of H-pyrrole nitrogens is 1. The van der Waals surface area contributed by atoms with E-state index in [1.165, 1.54) is 22.2 Å². The van der Waals surface area contributed by atoms with Gasteiger partial charge in [0.2, 0.25) is 5.91 Å². The second-order valence-corrected chi connectivity index (χ2v) is 6.47. The van der Waals surface area contributed by atoms with Crippen LogP contribution in [0.15, 0.2) is 24.3 Å². The Kier molecular flexibility index (Phi) is 4.51. The average molecular weight is 298 g/mol. The molecule has 1 aliphatic heterocycles. The van der Waals surface area contributed by atoms with Crippen molar-refractivity contribution in [2.45, 2.75) is 51.9 Å². The summed E-state index contributed by atoms with van der Waals surface area (Å²) in [6.45, 7) is 6.13. The number of hydrogen-bond donors (Lipinski definition) is 1. The van der Waals surface area contributed by atoms with Gasteiger partial charge in [0.15, 0.2) is 0 Å². The van der Waals surface area contributed by atoms with Crippen LogP contribution in [0.4, 0.5) is 0 Å². The van der Waals surface area contributed by atoms with E-state index in [1.807, 2.05) is 0 Å². The van der Waals surface area contributed by atoms with Gasteiger partial charge in [-0.15, -0.1) is 0 Å². The molecule has 0 unspecified atom stereocenters. The molecule has 1 aliphatic rings. The summed E-state index contributed by atoms with van der Waals surface area (Å²) in [6.07, 6.45) is 4.99. The molecule has 3 nitrogen and oxygen atoms in total. The van der Waals surface area contributed by atoms with Crippen LogP contribution < -0.4 is 0 Å². The van der Waals surface area contributed by atoms with Crippen LogP contribution in [-0.2, 0) is 4.79 Å². The summed E-state index contributed by atoms with van der Waals surface area (Å²) in [4.78, 5) is 17.7. The fraction of sp³-hybridized carbons (Fsp3) is 0.526. The standard InChI is InChI=1S/C19H26N2O/c1-3-4-9-18(22)21-12-10-15(11-13-21)19-14(2)20-17-8-6-5-7-16(17)19/h5-8,15,20H,3-4,9-13H2,1-2H3. The van der Waals surface area contributed by atoms with Crippen molar-refractivity contribution in [1.29, 1.82) is 0 Å². The van der Waals surface area contributed by atoms with Crippen molar-refractivity contribution >= 4 is 16.8 Å². The topological polar surface area (TPSA) is 36.1 Å². The molecule has 1 fully saturated rings. The number of fused-ring (bicyclic) bond motifs is 1. The van der Waals surface area contributed by atoms with Gasteiger partial charge < -0.3 is 9.88 Å². The van der Waals surface area contributed by atoms with Crippen LogP contribution in [-0.4, -0.2) is 28.9 Å². The smallest absolute Gasteiger partial charge is 0.222 e. The molecule has 0 radical (unpaired) electrons. The van der Waals surface area contributed by atoms with Gasteiger partial charge in [-0.3, -0.25) is 4.79 Å². The first-order valence-corrected chi connectivity index (χ1v) is 8.55. The number of hydrogen-bond acceptors (Lipinski definition) is 1. The monoisotopic (exact) mass is 298 g/mol. The van der Waals surface area contributed by atoms with E-state index < -0.39 is 0 Å². The third-order valence-corrected chi connectivity index (χ3v) is 4.94. The molecule has 0 bridgehead atoms. The van der Waals surface area contributed by atoms with Gasteiger partial charge in [0.05, 0.1) is 0 Å². The van der Waals surface area contributed by atoms with E-state index in [4.69, 9.17) is 0 Å². The SMILES string of the molecule is CCCCC(=O)N1CCC(c2c(C)[nH]c3ccccc23)CC1. The molecule has 22 heavy (non-hydrogen) atoms. The second kappa shape index (κ2) is 6.55. The number of unbranched alkanes of at least 4 members (excludes halogenated alkanes) is 1. The number of aromatic amines is 1. The maximum Gasteiger partial charge on any atom is 0.222 e. The quantitative estimate of drug-likeness (QED) is 0.893. The Morgan fingerprint density at radius 3 is 2.73 bits per heavy atom. The molecular formula is C19H26N2O. The van der Waals surface area contributed by atoms with Crippen molar-refractivity contribution in [2.24, 2.45) is 0 Å². The molecule has 0 spiro atoms. The number of aryl methyl sites for hydroxylation is 1. The van der Waals surface area contributed by atoms with Gasteiger partial charge in [0.1, 0.15) is 0 Å². The fourth-order valence-electron chi connectivity index (χ4n) is 3.73. The van der Waals surface area contributed by atoms with Gasteiger partial charge in [-0.05, 0) is 43.7 Å². The lowest BCUT2D eigenvalue weighted by atomic mass is 9.87. The number of carbonyl (C=O) groups excluding carboxylic acids is 1. The number of para-hydroxylation sites is 1. The van der Waals surface area contributed by atoms with Gasteiger partial charge in [-0.2, -0.15) is 0 Å². The molecule has 1 saturated heterocycles. The van der Waals surface area contributed by atoms with E-state index in [9.17, 15) is 4.79 Å². The number of benzene rings is 1. The lowest BCUT2D eigenvalue weighted by molar-refractivity contribution is -0.132. The Balaban J connectivity index is 1.70. The van der Waals surface area contributed by atoms with Crippen LogP contribution in [0.1, 0.15) is 56.2 Å². The zero-order valence-electron chi connectivity index (χ0n) is 13.7. The first-order valence-electron chi connectivity index (χ1n) is 8.55. The maximum absolute atomic E-state index is 12.1. The first-order chi connectivity index (χ1) is 10.7. The Bertz CT molecular complexity index is 650. The number of amides is 1. The highest BCUT2D eigenvalue weighted by Crippen LogP contribution is 2.35. The third kappa shape index (κ3) is 2.90. The van der Waals surface area contributed by atoms with E-state index in [2.05, 4.69) is 48.0 Å². The maximum atomic E-state index is 12.1. The van der Waals surface area contributed by atoms with Crippen LogP contribution in [0.2, 0.25) is 0 Å². The Morgan fingerprint density at radius 1 is 1.27 bits per heavy atom. The molecule has 118 valence electrons. The number of nitrogens with one attached hydrogen (secondary N) is 1. The number of carbonyl (C=O) groups is 1. The number of nitrogens with zero attached hydrogens (tertiary/aromatic N) is 1. The molecule has 2 aromatic rings. The van der Waals surface area contributed by atoms with E-state index in [0.717, 1.165) is 38.8 Å². The summed E-state index contributed by atoms with van der Waals surface area (Å²) < 4.78 is 0. The summed E-state index contributed by atoms with van der Waals surface area (Å²) in [5.74, 6) is 0.919. The predicted octanol–water partition coefficient (Wildman–Crippen LogP) is 4.37. The Morgan fingerprint density at radius 2 is 2.00 bits per heavy atom. The number of piperidine rings is 1. The van der Waals surface area contributed by atoms with E-state index in [0.29, 0.717) is 18.2 Å². The summed E-state index contributed by atoms with van der Waals surface area (Å²) in [5, 5.41) is 1.36. The molecule has 0 atom stereocenters. The number of likely N-dealkylation sites (tertiary alicyclic amines) is 1. The Hall–Kier alpha value is -1.77. The number of aromatic nitrogens is 1. The van der Waals surface area contributed by atoms with Gasteiger partial charge in [-0.1, -0.05) is 31.5 Å². The average Bonchev–Trinajstić information content (AvgIpc) is 2.88. The highest BCUT2D eigenvalue weighted by molar-refractivity contribution is 5.85.